The molecule has 308 valence electrons. The van der Waals surface area contributed by atoms with Gasteiger partial charge in [0.2, 0.25) is 5.78 Å². The number of phenolic OH excluding ortho intramolecular Hbond substituents is 1. The predicted molar refractivity (Wildman–Crippen MR) is 213 cm³/mol. The van der Waals surface area contributed by atoms with E-state index < -0.39 is 64.3 Å². The van der Waals surface area contributed by atoms with Crippen molar-refractivity contribution in [2.75, 3.05) is 11.9 Å². The quantitative estimate of drug-likeness (QED) is 0.125. The lowest BCUT2D eigenvalue weighted by atomic mass is 9.51. The maximum Gasteiger partial charge on any atom is 0.260 e. The number of hydrogen-bond acceptors (Lipinski definition) is 12. The molecule has 0 amide bonds. The normalized spacial score (nSPS) is 39.9. The smallest absolute Gasteiger partial charge is 0.260 e. The van der Waals surface area contributed by atoms with Crippen LogP contribution >= 0.6 is 0 Å². The van der Waals surface area contributed by atoms with E-state index in [1.165, 1.54) is 6.07 Å². The number of carbonyl (C=O) groups excluding carboxylic acids is 2. The van der Waals surface area contributed by atoms with Crippen molar-refractivity contribution >= 4 is 28.2 Å². The Hall–Kier alpha value is -4.17. The SMILES string of the molecule is Cc1cc(O)c2c(c1)C(=O)c1c(c3cc4c(nccc14)NC[C@H](O)[C@@]14CCC[C@H]1CCC1=C[C@@]5(O3)O[C@]3(C1=C4C[C@@]1(CCC4(CCCC4)C1)[C@H]3O)[C@@H](O)[C@H](O)[C@H]5O)C2=O. The van der Waals surface area contributed by atoms with Crippen LogP contribution in [0.2, 0.25) is 0 Å². The molecule has 3 saturated carbocycles. The number of aromatic nitrogens is 1. The lowest BCUT2D eigenvalue weighted by Gasteiger charge is -2.64. The molecule has 4 aliphatic heterocycles. The van der Waals surface area contributed by atoms with E-state index in [0.717, 1.165) is 50.5 Å². The van der Waals surface area contributed by atoms with Gasteiger partial charge in [0.1, 0.15) is 29.5 Å². The minimum Gasteiger partial charge on any atom is -0.507 e. The third kappa shape index (κ3) is 4.37. The molecule has 1 aromatic heterocycles. The predicted octanol–water partition coefficient (Wildman–Crippen LogP) is 5.05. The molecule has 6 aliphatic carbocycles. The second-order valence-electron chi connectivity index (χ2n) is 19.8. The zero-order valence-electron chi connectivity index (χ0n) is 33.1. The summed E-state index contributed by atoms with van der Waals surface area (Å²) in [6, 6.07) is 6.19. The zero-order valence-corrected chi connectivity index (χ0v) is 33.1. The monoisotopic (exact) mass is 802 g/mol. The number of aryl methyl sites for hydroxylation is 1. The Morgan fingerprint density at radius 1 is 0.864 bits per heavy atom. The molecule has 5 heterocycles. The number of carbonyl (C=O) groups is 2. The van der Waals surface area contributed by atoms with Gasteiger partial charge in [-0.2, -0.15) is 0 Å². The molecule has 1 saturated heterocycles. The molecule has 12 heteroatoms. The number of anilines is 1. The molecule has 0 radical (unpaired) electrons. The number of aromatic hydroxyl groups is 1. The van der Waals surface area contributed by atoms with Gasteiger partial charge in [-0.3, -0.25) is 9.59 Å². The zero-order chi connectivity index (χ0) is 40.6. The average Bonchev–Trinajstić information content (AvgIpc) is 3.94. The molecule has 5 spiro atoms. The standard InChI is InChI=1S/C47H50N2O10/c1-22-15-27-32(29(50)16-22)37(53)34-30-17-26-25(33(34)36(27)52)8-14-48-41(26)49-20-31(51)45-11-4-5-24(45)7-6-23-18-46(58-30)39(55)38(54)40(56)47(59-46)35(23)28(45)19-44(42(47)57)13-12-43(21-44)9-2-3-10-43/h8,14-18,24,31,38-40,42,50-51,54-57H,2-7,9-13,19-21H2,1H3,(H,48,49)/t24-,31-,38+,39+,40-,42+,44+,45-,46+,47+/m0/s1. The van der Waals surface area contributed by atoms with Crippen LogP contribution in [-0.4, -0.2) is 95.6 Å². The van der Waals surface area contributed by atoms with Crippen molar-refractivity contribution in [3.8, 4) is 11.5 Å². The molecule has 12 nitrogen and oxygen atoms in total. The third-order valence-corrected chi connectivity index (χ3v) is 17.0. The number of nitrogens with zero attached hydrogens (tertiary/aromatic N) is 1. The highest BCUT2D eigenvalue weighted by atomic mass is 16.7. The van der Waals surface area contributed by atoms with Crippen molar-refractivity contribution < 1.29 is 49.7 Å². The van der Waals surface area contributed by atoms with E-state index in [1.54, 1.807) is 37.4 Å². The summed E-state index contributed by atoms with van der Waals surface area (Å²) in [5, 5.41) is 78.8. The summed E-state index contributed by atoms with van der Waals surface area (Å²) in [5.41, 5.74) is -0.919. The van der Waals surface area contributed by atoms with Crippen LogP contribution in [0, 0.1) is 29.1 Å². The number of benzene rings is 2. The first-order valence-electron chi connectivity index (χ1n) is 21.7. The molecule has 8 bridgehead atoms. The lowest BCUT2D eigenvalue weighted by Crippen LogP contribution is -2.79. The van der Waals surface area contributed by atoms with Gasteiger partial charge >= 0.3 is 0 Å². The van der Waals surface area contributed by atoms with Crippen molar-refractivity contribution in [2.24, 2.45) is 22.2 Å². The van der Waals surface area contributed by atoms with E-state index in [-0.39, 0.29) is 51.6 Å². The Kier molecular flexibility index (Phi) is 7.33. The maximum absolute atomic E-state index is 14.8. The number of hydrogen-bond donors (Lipinski definition) is 7. The number of pyridine rings is 1. The summed E-state index contributed by atoms with van der Waals surface area (Å²) in [6.07, 6.45) is 6.09. The van der Waals surface area contributed by atoms with Gasteiger partial charge in [-0.15, -0.1) is 0 Å². The number of aliphatic hydroxyl groups is 5. The van der Waals surface area contributed by atoms with Gasteiger partial charge in [0.05, 0.1) is 23.3 Å². The number of nitrogens with one attached hydrogen (secondary N) is 1. The van der Waals surface area contributed by atoms with Crippen LogP contribution in [0.1, 0.15) is 121 Å². The van der Waals surface area contributed by atoms with Gasteiger partial charge in [0.15, 0.2) is 17.5 Å². The molecule has 13 rings (SSSR count). The van der Waals surface area contributed by atoms with Gasteiger partial charge in [0, 0.05) is 40.1 Å². The van der Waals surface area contributed by atoms with E-state index in [0.29, 0.717) is 71.8 Å². The third-order valence-electron chi connectivity index (χ3n) is 17.0. The molecule has 3 aromatic rings. The minimum atomic E-state index is -2.27. The minimum absolute atomic E-state index is 0.0130. The number of ether oxygens (including phenoxy) is 2. The van der Waals surface area contributed by atoms with Gasteiger partial charge < -0.3 is 45.4 Å². The van der Waals surface area contributed by atoms with Gasteiger partial charge in [0.25, 0.3) is 5.79 Å². The van der Waals surface area contributed by atoms with Crippen molar-refractivity contribution in [2.45, 2.75) is 132 Å². The fourth-order valence-electron chi connectivity index (χ4n) is 14.6. The van der Waals surface area contributed by atoms with Gasteiger partial charge in [-0.25, -0.2) is 4.98 Å². The summed E-state index contributed by atoms with van der Waals surface area (Å²) < 4.78 is 14.2. The van der Waals surface area contributed by atoms with Crippen LogP contribution in [0.15, 0.2) is 53.3 Å². The highest BCUT2D eigenvalue weighted by Crippen LogP contribution is 2.72. The van der Waals surface area contributed by atoms with E-state index in [9.17, 15) is 40.2 Å². The molecular weight excluding hydrogens is 753 g/mol. The first-order chi connectivity index (χ1) is 28.3. The molecular formula is C47H50N2O10. The molecule has 0 unspecified atom stereocenters. The molecule has 4 fully saturated rings. The van der Waals surface area contributed by atoms with E-state index in [2.05, 4.69) is 5.32 Å². The Morgan fingerprint density at radius 3 is 2.49 bits per heavy atom. The molecule has 10 atom stereocenters. The average molecular weight is 803 g/mol. The van der Waals surface area contributed by atoms with Crippen LogP contribution in [0.25, 0.3) is 10.8 Å². The molecule has 2 aromatic carbocycles. The topological polar surface area (TPSA) is 199 Å². The highest BCUT2D eigenvalue weighted by molar-refractivity contribution is 6.34. The molecule has 7 N–H and O–H groups in total. The number of phenols is 1. The van der Waals surface area contributed by atoms with Crippen LogP contribution < -0.4 is 10.1 Å². The summed E-state index contributed by atoms with van der Waals surface area (Å²) in [7, 11) is 0. The summed E-state index contributed by atoms with van der Waals surface area (Å²) >= 11 is 0. The van der Waals surface area contributed by atoms with Gasteiger partial charge in [-0.1, -0.05) is 24.8 Å². The summed E-state index contributed by atoms with van der Waals surface area (Å²) in [6.45, 7) is 1.82. The highest BCUT2D eigenvalue weighted by Gasteiger charge is 2.75. The van der Waals surface area contributed by atoms with Crippen molar-refractivity contribution in [1.82, 2.24) is 4.98 Å². The summed E-state index contributed by atoms with van der Waals surface area (Å²) in [4.78, 5) is 34.2. The fraction of sp³-hybridized carbons (Fsp3) is 0.553. The largest absolute Gasteiger partial charge is 0.507 e. The molecule has 10 aliphatic rings. The Morgan fingerprint density at radius 2 is 1.68 bits per heavy atom. The second kappa shape index (κ2) is 11.8. The first-order valence-corrected chi connectivity index (χ1v) is 21.7. The van der Waals surface area contributed by atoms with E-state index in [1.807, 2.05) is 0 Å². The lowest BCUT2D eigenvalue weighted by molar-refractivity contribution is -0.368. The van der Waals surface area contributed by atoms with Gasteiger partial charge in [-0.05, 0) is 135 Å². The van der Waals surface area contributed by atoms with Crippen molar-refractivity contribution in [3.63, 3.8) is 0 Å². The fourth-order valence-corrected chi connectivity index (χ4v) is 14.6. The van der Waals surface area contributed by atoms with Crippen LogP contribution in [0.3, 0.4) is 0 Å². The second-order valence-corrected chi connectivity index (χ2v) is 19.8. The number of fused-ring (bicyclic) bond motifs is 5. The summed E-state index contributed by atoms with van der Waals surface area (Å²) in [5.74, 6) is -3.59. The van der Waals surface area contributed by atoms with Crippen LogP contribution in [0.4, 0.5) is 5.82 Å². The van der Waals surface area contributed by atoms with E-state index in [4.69, 9.17) is 14.5 Å². The van der Waals surface area contributed by atoms with Crippen LogP contribution in [0.5, 0.6) is 11.5 Å². The van der Waals surface area contributed by atoms with Crippen molar-refractivity contribution in [1.29, 1.82) is 0 Å². The van der Waals surface area contributed by atoms with Crippen LogP contribution in [-0.2, 0) is 4.74 Å². The van der Waals surface area contributed by atoms with Crippen molar-refractivity contribution in [3.05, 3.63) is 81.1 Å². The van der Waals surface area contributed by atoms with E-state index >= 15 is 0 Å². The maximum atomic E-state index is 14.8. The number of aliphatic hydroxyl groups excluding tert-OH is 5. The molecule has 59 heavy (non-hydrogen) atoms. The first kappa shape index (κ1) is 36.7. The number of rotatable bonds is 0. The Bertz CT molecular complexity index is 2510. The number of ketones is 2. The Labute approximate surface area is 341 Å². The Balaban J connectivity index is 1.17.